The van der Waals surface area contributed by atoms with Crippen molar-refractivity contribution in [2.75, 3.05) is 19.8 Å². The van der Waals surface area contributed by atoms with Crippen LogP contribution in [0.3, 0.4) is 0 Å². The molecular weight excluding hydrogens is 142 g/mol. The highest BCUT2D eigenvalue weighted by molar-refractivity contribution is 4.87. The Kier molecular flexibility index (Phi) is 2.87. The molecule has 0 saturated carbocycles. The largest absolute Gasteiger partial charge is 0.393 e. The van der Waals surface area contributed by atoms with Gasteiger partial charge in [0, 0.05) is 18.6 Å². The third kappa shape index (κ3) is 1.72. The van der Waals surface area contributed by atoms with Crippen LogP contribution in [-0.4, -0.2) is 31.0 Å². The van der Waals surface area contributed by atoms with Gasteiger partial charge in [-0.2, -0.15) is 0 Å². The van der Waals surface area contributed by atoms with E-state index in [1.165, 1.54) is 0 Å². The summed E-state index contributed by atoms with van der Waals surface area (Å²) >= 11 is 0. The molecule has 0 bridgehead atoms. The molecule has 3 N–H and O–H groups in total. The molecule has 1 saturated heterocycles. The summed E-state index contributed by atoms with van der Waals surface area (Å²) in [7, 11) is 0. The smallest absolute Gasteiger partial charge is 0.0602 e. The summed E-state index contributed by atoms with van der Waals surface area (Å²) in [5, 5.41) is 9.47. The van der Waals surface area contributed by atoms with Crippen LogP contribution in [0, 0.1) is 5.41 Å². The maximum Gasteiger partial charge on any atom is 0.0602 e. The second-order valence-corrected chi connectivity index (χ2v) is 3.40. The van der Waals surface area contributed by atoms with Crippen LogP contribution in [0.2, 0.25) is 0 Å². The molecule has 0 aromatic heterocycles. The van der Waals surface area contributed by atoms with Gasteiger partial charge in [0.2, 0.25) is 0 Å². The van der Waals surface area contributed by atoms with Crippen LogP contribution < -0.4 is 5.73 Å². The number of nitrogens with two attached hydrogens (primary N) is 1. The Morgan fingerprint density at radius 3 is 2.73 bits per heavy atom. The van der Waals surface area contributed by atoms with Gasteiger partial charge in [-0.3, -0.25) is 0 Å². The first-order valence-corrected chi connectivity index (χ1v) is 4.17. The summed E-state index contributed by atoms with van der Waals surface area (Å²) in [5.74, 6) is 0. The van der Waals surface area contributed by atoms with E-state index >= 15 is 0 Å². The van der Waals surface area contributed by atoms with Gasteiger partial charge in [0.05, 0.1) is 12.7 Å². The van der Waals surface area contributed by atoms with Gasteiger partial charge in [0.25, 0.3) is 0 Å². The molecule has 0 aromatic carbocycles. The molecule has 0 spiro atoms. The predicted molar refractivity (Wildman–Crippen MR) is 43.2 cm³/mol. The monoisotopic (exact) mass is 159 g/mol. The normalized spacial score (nSPS) is 35.2. The summed E-state index contributed by atoms with van der Waals surface area (Å²) < 4.78 is 5.30. The third-order valence-corrected chi connectivity index (χ3v) is 2.65. The maximum atomic E-state index is 9.47. The molecule has 66 valence electrons. The average Bonchev–Trinajstić information content (AvgIpc) is 2.05. The SMILES string of the molecule is CC(O)C1(CN)CCCOC1. The fourth-order valence-corrected chi connectivity index (χ4v) is 1.53. The molecule has 1 fully saturated rings. The highest BCUT2D eigenvalue weighted by Crippen LogP contribution is 2.30. The van der Waals surface area contributed by atoms with Crippen molar-refractivity contribution in [3.63, 3.8) is 0 Å². The van der Waals surface area contributed by atoms with E-state index in [1.807, 2.05) is 0 Å². The van der Waals surface area contributed by atoms with E-state index in [-0.39, 0.29) is 11.5 Å². The molecule has 1 rings (SSSR count). The summed E-state index contributed by atoms with van der Waals surface area (Å²) in [5.41, 5.74) is 5.43. The zero-order valence-electron chi connectivity index (χ0n) is 7.05. The molecule has 3 heteroatoms. The van der Waals surface area contributed by atoms with E-state index < -0.39 is 0 Å². The van der Waals surface area contributed by atoms with Gasteiger partial charge in [-0.25, -0.2) is 0 Å². The minimum absolute atomic E-state index is 0.168. The molecule has 0 aliphatic carbocycles. The lowest BCUT2D eigenvalue weighted by molar-refractivity contribution is -0.0690. The first-order chi connectivity index (χ1) is 5.21. The van der Waals surface area contributed by atoms with Crippen LogP contribution in [0.25, 0.3) is 0 Å². The average molecular weight is 159 g/mol. The fraction of sp³-hybridized carbons (Fsp3) is 1.00. The number of aliphatic hydroxyl groups is 1. The maximum absolute atomic E-state index is 9.47. The van der Waals surface area contributed by atoms with Crippen molar-refractivity contribution in [2.24, 2.45) is 11.1 Å². The van der Waals surface area contributed by atoms with Crippen molar-refractivity contribution in [1.29, 1.82) is 0 Å². The number of rotatable bonds is 2. The minimum Gasteiger partial charge on any atom is -0.393 e. The summed E-state index contributed by atoms with van der Waals surface area (Å²) in [6, 6.07) is 0. The van der Waals surface area contributed by atoms with Crippen LogP contribution in [0.1, 0.15) is 19.8 Å². The van der Waals surface area contributed by atoms with E-state index in [4.69, 9.17) is 10.5 Å². The van der Waals surface area contributed by atoms with E-state index in [1.54, 1.807) is 6.92 Å². The Balaban J connectivity index is 2.57. The molecular formula is C8H17NO2. The van der Waals surface area contributed by atoms with E-state index in [9.17, 15) is 5.11 Å². The molecule has 0 amide bonds. The second-order valence-electron chi connectivity index (χ2n) is 3.40. The second kappa shape index (κ2) is 3.52. The fourth-order valence-electron chi connectivity index (χ4n) is 1.53. The standard InChI is InChI=1S/C8H17NO2/c1-7(10)8(5-9)3-2-4-11-6-8/h7,10H,2-6,9H2,1H3. The molecule has 1 aliphatic heterocycles. The summed E-state index contributed by atoms with van der Waals surface area (Å²) in [4.78, 5) is 0. The van der Waals surface area contributed by atoms with Crippen molar-refractivity contribution in [1.82, 2.24) is 0 Å². The van der Waals surface area contributed by atoms with Crippen molar-refractivity contribution in [2.45, 2.75) is 25.9 Å². The van der Waals surface area contributed by atoms with Gasteiger partial charge in [-0.1, -0.05) is 0 Å². The van der Waals surface area contributed by atoms with Crippen LogP contribution in [0.5, 0.6) is 0 Å². The molecule has 0 aromatic rings. The lowest BCUT2D eigenvalue weighted by Crippen LogP contribution is -2.46. The molecule has 1 heterocycles. The predicted octanol–water partition coefficient (Wildman–Crippen LogP) is 0.123. The molecule has 0 radical (unpaired) electrons. The van der Waals surface area contributed by atoms with Gasteiger partial charge >= 0.3 is 0 Å². The van der Waals surface area contributed by atoms with Gasteiger partial charge in [-0.15, -0.1) is 0 Å². The van der Waals surface area contributed by atoms with Gasteiger partial charge < -0.3 is 15.6 Å². The van der Waals surface area contributed by atoms with E-state index in [0.717, 1.165) is 19.4 Å². The third-order valence-electron chi connectivity index (χ3n) is 2.65. The van der Waals surface area contributed by atoms with Crippen LogP contribution in [0.15, 0.2) is 0 Å². The molecule has 1 aliphatic rings. The van der Waals surface area contributed by atoms with E-state index in [2.05, 4.69) is 0 Å². The van der Waals surface area contributed by atoms with Gasteiger partial charge in [0.15, 0.2) is 0 Å². The first-order valence-electron chi connectivity index (χ1n) is 4.17. The molecule has 3 nitrogen and oxygen atoms in total. The highest BCUT2D eigenvalue weighted by atomic mass is 16.5. The van der Waals surface area contributed by atoms with Crippen LogP contribution >= 0.6 is 0 Å². The Morgan fingerprint density at radius 1 is 1.73 bits per heavy atom. The quantitative estimate of drug-likeness (QED) is 0.602. The van der Waals surface area contributed by atoms with Crippen molar-refractivity contribution in [3.05, 3.63) is 0 Å². The topological polar surface area (TPSA) is 55.5 Å². The minimum atomic E-state index is -0.354. The number of hydrogen-bond acceptors (Lipinski definition) is 3. The zero-order valence-corrected chi connectivity index (χ0v) is 7.05. The summed E-state index contributed by atoms with van der Waals surface area (Å²) in [6.45, 7) is 3.74. The van der Waals surface area contributed by atoms with Crippen LogP contribution in [0.4, 0.5) is 0 Å². The van der Waals surface area contributed by atoms with Crippen molar-refractivity contribution in [3.8, 4) is 0 Å². The van der Waals surface area contributed by atoms with Gasteiger partial charge in [-0.05, 0) is 19.8 Å². The number of aliphatic hydroxyl groups excluding tert-OH is 1. The molecule has 11 heavy (non-hydrogen) atoms. The lowest BCUT2D eigenvalue weighted by Gasteiger charge is -2.38. The molecule has 2 atom stereocenters. The number of ether oxygens (including phenoxy) is 1. The Bertz CT molecular complexity index is 119. The lowest BCUT2D eigenvalue weighted by atomic mass is 9.78. The highest BCUT2D eigenvalue weighted by Gasteiger charge is 2.35. The van der Waals surface area contributed by atoms with Gasteiger partial charge in [0.1, 0.15) is 0 Å². The Labute approximate surface area is 67.5 Å². The number of hydrogen-bond donors (Lipinski definition) is 2. The Hall–Kier alpha value is -0.120. The van der Waals surface area contributed by atoms with Crippen molar-refractivity contribution < 1.29 is 9.84 Å². The Morgan fingerprint density at radius 2 is 2.45 bits per heavy atom. The summed E-state index contributed by atoms with van der Waals surface area (Å²) in [6.07, 6.45) is 1.65. The molecule has 2 unspecified atom stereocenters. The van der Waals surface area contributed by atoms with Crippen LogP contribution in [-0.2, 0) is 4.74 Å². The first kappa shape index (κ1) is 8.97. The van der Waals surface area contributed by atoms with Crippen molar-refractivity contribution >= 4 is 0 Å². The zero-order chi connectivity index (χ0) is 8.32. The van der Waals surface area contributed by atoms with E-state index in [0.29, 0.717) is 13.2 Å².